The van der Waals surface area contributed by atoms with E-state index in [9.17, 15) is 0 Å². The fourth-order valence-corrected chi connectivity index (χ4v) is 5.84. The molecule has 0 bridgehead atoms. The van der Waals surface area contributed by atoms with Gasteiger partial charge in [0, 0.05) is 12.2 Å². The fourth-order valence-electron chi connectivity index (χ4n) is 3.13. The van der Waals surface area contributed by atoms with E-state index in [0.717, 1.165) is 12.8 Å². The third-order valence-corrected chi connectivity index (χ3v) is 7.64. The van der Waals surface area contributed by atoms with Crippen LogP contribution in [0.25, 0.3) is 0 Å². The molecule has 26 heavy (non-hydrogen) atoms. The molecule has 1 aromatic rings. The van der Waals surface area contributed by atoms with Crippen LogP contribution in [0.1, 0.15) is 68.2 Å². The lowest BCUT2D eigenvalue weighted by Gasteiger charge is -2.24. The summed E-state index contributed by atoms with van der Waals surface area (Å²) in [6, 6.07) is 9.10. The predicted molar refractivity (Wildman–Crippen MR) is 121 cm³/mol. The summed E-state index contributed by atoms with van der Waals surface area (Å²) < 4.78 is 12.7. The highest BCUT2D eigenvalue weighted by atomic mass is 28.2. The van der Waals surface area contributed by atoms with Crippen molar-refractivity contribution in [2.75, 3.05) is 0 Å². The molecule has 4 heteroatoms. The molecule has 0 aliphatic heterocycles. The lowest BCUT2D eigenvalue weighted by atomic mass is 9.98. The smallest absolute Gasteiger partial charge is 0.192 e. The van der Waals surface area contributed by atoms with E-state index < -0.39 is 19.5 Å². The minimum Gasteiger partial charge on any atom is -0.415 e. The van der Waals surface area contributed by atoms with Crippen LogP contribution < -0.4 is 10.4 Å². The summed E-state index contributed by atoms with van der Waals surface area (Å²) in [6.07, 6.45) is 3.13. The molecular formula is C22H42O2Si2. The van der Waals surface area contributed by atoms with Gasteiger partial charge in [0.1, 0.15) is 0 Å². The highest BCUT2D eigenvalue weighted by Crippen LogP contribution is 2.16. The highest BCUT2D eigenvalue weighted by Gasteiger charge is 2.17. The van der Waals surface area contributed by atoms with Gasteiger partial charge in [-0.2, -0.15) is 0 Å². The molecule has 0 saturated heterocycles. The molecule has 150 valence electrons. The number of rotatable bonds is 12. The number of hydrogen-bond donors (Lipinski definition) is 0. The van der Waals surface area contributed by atoms with E-state index in [4.69, 9.17) is 8.85 Å². The average Bonchev–Trinajstić information content (AvgIpc) is 2.55. The topological polar surface area (TPSA) is 18.5 Å². The monoisotopic (exact) mass is 394 g/mol. The normalized spacial score (nSPS) is 15.5. The van der Waals surface area contributed by atoms with Gasteiger partial charge in [0.2, 0.25) is 0 Å². The molecule has 2 nitrogen and oxygen atoms in total. The van der Waals surface area contributed by atoms with Crippen LogP contribution in [-0.4, -0.2) is 31.7 Å². The maximum absolute atomic E-state index is 6.33. The van der Waals surface area contributed by atoms with Gasteiger partial charge in [-0.05, 0) is 46.9 Å². The Kier molecular flexibility index (Phi) is 11.0. The average molecular weight is 395 g/mol. The van der Waals surface area contributed by atoms with Gasteiger partial charge in [-0.3, -0.25) is 0 Å². The van der Waals surface area contributed by atoms with Crippen molar-refractivity contribution in [1.29, 1.82) is 0 Å². The Labute approximate surface area is 167 Å². The van der Waals surface area contributed by atoms with Crippen LogP contribution in [0, 0.1) is 23.7 Å². The first kappa shape index (κ1) is 23.6. The van der Waals surface area contributed by atoms with E-state index in [1.165, 1.54) is 10.4 Å². The predicted octanol–water partition coefficient (Wildman–Crippen LogP) is 3.28. The molecule has 0 heterocycles. The molecule has 0 aliphatic rings. The van der Waals surface area contributed by atoms with Gasteiger partial charge >= 0.3 is 0 Å². The zero-order chi connectivity index (χ0) is 19.7. The van der Waals surface area contributed by atoms with Crippen LogP contribution in [-0.2, 0) is 8.85 Å². The highest BCUT2D eigenvalue weighted by molar-refractivity contribution is 6.49. The van der Waals surface area contributed by atoms with E-state index >= 15 is 0 Å². The van der Waals surface area contributed by atoms with Crippen molar-refractivity contribution in [1.82, 2.24) is 0 Å². The van der Waals surface area contributed by atoms with Gasteiger partial charge in [-0.15, -0.1) is 0 Å². The Balaban J connectivity index is 2.52. The zero-order valence-corrected chi connectivity index (χ0v) is 21.2. The maximum Gasteiger partial charge on any atom is 0.192 e. The van der Waals surface area contributed by atoms with E-state index in [2.05, 4.69) is 79.7 Å². The van der Waals surface area contributed by atoms with Gasteiger partial charge in [-0.25, -0.2) is 0 Å². The molecule has 0 fully saturated rings. The summed E-state index contributed by atoms with van der Waals surface area (Å²) in [7, 11) is -1.29. The molecule has 1 rings (SSSR count). The Hall–Kier alpha value is -0.426. The van der Waals surface area contributed by atoms with Crippen molar-refractivity contribution >= 4 is 29.9 Å². The van der Waals surface area contributed by atoms with Gasteiger partial charge in [0.05, 0.1) is 0 Å². The summed E-state index contributed by atoms with van der Waals surface area (Å²) in [6.45, 7) is 18.2. The van der Waals surface area contributed by atoms with Crippen LogP contribution in [0.3, 0.4) is 0 Å². The largest absolute Gasteiger partial charge is 0.415 e. The first-order valence-corrected chi connectivity index (χ1v) is 13.1. The van der Waals surface area contributed by atoms with Crippen LogP contribution in [0.4, 0.5) is 0 Å². The van der Waals surface area contributed by atoms with Crippen molar-refractivity contribution < 1.29 is 8.85 Å². The van der Waals surface area contributed by atoms with E-state index in [-0.39, 0.29) is 0 Å². The second-order valence-electron chi connectivity index (χ2n) is 9.26. The lowest BCUT2D eigenvalue weighted by Crippen LogP contribution is -2.31. The van der Waals surface area contributed by atoms with E-state index in [1.807, 2.05) is 0 Å². The second-order valence-corrected chi connectivity index (χ2v) is 12.1. The molecule has 0 radical (unpaired) electrons. The molecule has 0 amide bonds. The molecule has 1 aromatic carbocycles. The molecule has 2 unspecified atom stereocenters. The molecule has 0 aromatic heterocycles. The maximum atomic E-state index is 6.33. The standard InChI is InChI=1S/C22H42O2Si2/c1-15(2)13-21(17(5)6)23-25-19-9-11-20(12-10-19)26-24-22(18(7)8)14-16(3)4/h9-12,15-18,21-22H,13-14,25-26H2,1-8H3. The third-order valence-electron chi connectivity index (χ3n) is 4.85. The molecule has 0 N–H and O–H groups in total. The Morgan fingerprint density at radius 2 is 0.923 bits per heavy atom. The van der Waals surface area contributed by atoms with E-state index in [0.29, 0.717) is 35.9 Å². The zero-order valence-electron chi connectivity index (χ0n) is 18.4. The molecular weight excluding hydrogens is 352 g/mol. The molecule has 0 saturated carbocycles. The Morgan fingerprint density at radius 1 is 0.615 bits per heavy atom. The van der Waals surface area contributed by atoms with Crippen molar-refractivity contribution in [2.24, 2.45) is 23.7 Å². The second kappa shape index (κ2) is 12.1. The van der Waals surface area contributed by atoms with Crippen LogP contribution in [0.5, 0.6) is 0 Å². The summed E-state index contributed by atoms with van der Waals surface area (Å²) in [5, 5.41) is 2.81. The fraction of sp³-hybridized carbons (Fsp3) is 0.727. The lowest BCUT2D eigenvalue weighted by molar-refractivity contribution is 0.136. The van der Waals surface area contributed by atoms with Crippen LogP contribution in [0.2, 0.25) is 0 Å². The van der Waals surface area contributed by atoms with Crippen molar-refractivity contribution in [3.8, 4) is 0 Å². The van der Waals surface area contributed by atoms with Gasteiger partial charge in [-0.1, -0.05) is 79.7 Å². The number of hydrogen-bond acceptors (Lipinski definition) is 2. The minimum absolute atomic E-state index is 0.405. The summed E-state index contributed by atoms with van der Waals surface area (Å²) >= 11 is 0. The Bertz CT molecular complexity index is 438. The van der Waals surface area contributed by atoms with Crippen molar-refractivity contribution in [3.05, 3.63) is 24.3 Å². The van der Waals surface area contributed by atoms with Gasteiger partial charge in [0.15, 0.2) is 19.5 Å². The first-order chi connectivity index (χ1) is 12.2. The van der Waals surface area contributed by atoms with Crippen LogP contribution in [0.15, 0.2) is 24.3 Å². The number of benzene rings is 1. The minimum atomic E-state index is -0.644. The summed E-state index contributed by atoms with van der Waals surface area (Å²) in [4.78, 5) is 0. The first-order valence-electron chi connectivity index (χ1n) is 10.5. The van der Waals surface area contributed by atoms with Crippen molar-refractivity contribution in [3.63, 3.8) is 0 Å². The third kappa shape index (κ3) is 9.49. The molecule has 0 spiro atoms. The van der Waals surface area contributed by atoms with Gasteiger partial charge < -0.3 is 8.85 Å². The van der Waals surface area contributed by atoms with Gasteiger partial charge in [0.25, 0.3) is 0 Å². The Morgan fingerprint density at radius 3 is 1.15 bits per heavy atom. The summed E-state index contributed by atoms with van der Waals surface area (Å²) in [5.41, 5.74) is 0. The SMILES string of the molecule is CC(C)CC(O[SiH2]c1ccc([SiH2]OC(CC(C)C)C(C)C)cc1)C(C)C. The molecule has 0 aliphatic carbocycles. The van der Waals surface area contributed by atoms with E-state index in [1.54, 1.807) is 0 Å². The van der Waals surface area contributed by atoms with Crippen molar-refractivity contribution in [2.45, 2.75) is 80.4 Å². The quantitative estimate of drug-likeness (QED) is 0.507. The molecule has 2 atom stereocenters. The summed E-state index contributed by atoms with van der Waals surface area (Å²) in [5.74, 6) is 2.58. The van der Waals surface area contributed by atoms with Crippen LogP contribution >= 0.6 is 0 Å².